The van der Waals surface area contributed by atoms with Gasteiger partial charge in [0, 0.05) is 11.6 Å². The number of hydrogen-bond donors (Lipinski definition) is 2. The van der Waals surface area contributed by atoms with Gasteiger partial charge >= 0.3 is 6.09 Å². The van der Waals surface area contributed by atoms with Crippen LogP contribution in [0, 0.1) is 0 Å². The molecule has 1 aromatic carbocycles. The standard InChI is InChI=1S/C9H11Cl.C4H9NO2/c1-2-5-8-6-3-4-7-9(8)10;1-2-3-5-4(6)7/h3-4,6-7H,2,5H2,1H3;5H,2-3H2,1H3,(H,6,7). The second-order valence-electron chi connectivity index (χ2n) is 3.57. The fourth-order valence-corrected chi connectivity index (χ4v) is 1.43. The highest BCUT2D eigenvalue weighted by Gasteiger charge is 1.94. The van der Waals surface area contributed by atoms with Crippen LogP contribution in [0.3, 0.4) is 0 Å². The van der Waals surface area contributed by atoms with Crippen molar-refractivity contribution in [3.63, 3.8) is 0 Å². The molecule has 0 aliphatic rings. The van der Waals surface area contributed by atoms with E-state index in [1.807, 2.05) is 25.1 Å². The quantitative estimate of drug-likeness (QED) is 0.858. The zero-order chi connectivity index (χ0) is 13.1. The van der Waals surface area contributed by atoms with Gasteiger partial charge in [0.2, 0.25) is 0 Å². The molecule has 2 N–H and O–H groups in total. The van der Waals surface area contributed by atoms with Gasteiger partial charge in [0.15, 0.2) is 0 Å². The molecule has 1 amide bonds. The molecule has 0 saturated heterocycles. The average molecular weight is 258 g/mol. The lowest BCUT2D eigenvalue weighted by Crippen LogP contribution is -2.20. The van der Waals surface area contributed by atoms with Crippen molar-refractivity contribution in [2.45, 2.75) is 33.1 Å². The predicted octanol–water partition coefficient (Wildman–Crippen LogP) is 3.96. The summed E-state index contributed by atoms with van der Waals surface area (Å²) < 4.78 is 0. The van der Waals surface area contributed by atoms with Crippen LogP contribution in [-0.2, 0) is 6.42 Å². The highest BCUT2D eigenvalue weighted by Crippen LogP contribution is 2.15. The van der Waals surface area contributed by atoms with Crippen molar-refractivity contribution in [2.24, 2.45) is 0 Å². The molecule has 0 heterocycles. The van der Waals surface area contributed by atoms with Gasteiger partial charge in [0.1, 0.15) is 0 Å². The Hall–Kier alpha value is -1.22. The molecule has 0 spiro atoms. The molecule has 0 aliphatic carbocycles. The molecule has 0 aromatic heterocycles. The molecule has 1 rings (SSSR count). The molecule has 96 valence electrons. The molecule has 0 fully saturated rings. The van der Waals surface area contributed by atoms with Crippen LogP contribution in [0.25, 0.3) is 0 Å². The first-order valence-electron chi connectivity index (χ1n) is 5.82. The smallest absolute Gasteiger partial charge is 0.404 e. The summed E-state index contributed by atoms with van der Waals surface area (Å²) in [4.78, 5) is 9.65. The van der Waals surface area contributed by atoms with Crippen LogP contribution in [0.1, 0.15) is 32.3 Å². The molecule has 0 radical (unpaired) electrons. The summed E-state index contributed by atoms with van der Waals surface area (Å²) in [6.45, 7) is 4.62. The summed E-state index contributed by atoms with van der Waals surface area (Å²) in [5.74, 6) is 0. The average Bonchev–Trinajstić information content (AvgIpc) is 2.30. The van der Waals surface area contributed by atoms with Crippen molar-refractivity contribution in [1.82, 2.24) is 5.32 Å². The Kier molecular flexibility index (Phi) is 9.25. The van der Waals surface area contributed by atoms with Gasteiger partial charge in [0.05, 0.1) is 0 Å². The van der Waals surface area contributed by atoms with Gasteiger partial charge in [0.25, 0.3) is 0 Å². The maximum Gasteiger partial charge on any atom is 0.404 e. The number of benzene rings is 1. The zero-order valence-corrected chi connectivity index (χ0v) is 11.1. The fraction of sp³-hybridized carbons (Fsp3) is 0.462. The van der Waals surface area contributed by atoms with Crippen LogP contribution in [0.4, 0.5) is 4.79 Å². The Balaban J connectivity index is 0.000000325. The number of hydrogen-bond acceptors (Lipinski definition) is 1. The number of rotatable bonds is 4. The number of amides is 1. The maximum absolute atomic E-state index is 9.65. The molecule has 17 heavy (non-hydrogen) atoms. The van der Waals surface area contributed by atoms with Crippen LogP contribution in [0.5, 0.6) is 0 Å². The van der Waals surface area contributed by atoms with Gasteiger partial charge < -0.3 is 10.4 Å². The van der Waals surface area contributed by atoms with Gasteiger partial charge in [-0.3, -0.25) is 0 Å². The van der Waals surface area contributed by atoms with E-state index in [1.165, 1.54) is 5.56 Å². The first-order valence-corrected chi connectivity index (χ1v) is 6.19. The highest BCUT2D eigenvalue weighted by molar-refractivity contribution is 6.31. The van der Waals surface area contributed by atoms with Crippen molar-refractivity contribution in [2.75, 3.05) is 6.54 Å². The summed E-state index contributed by atoms with van der Waals surface area (Å²) in [5, 5.41) is 11.0. The Morgan fingerprint density at radius 3 is 2.35 bits per heavy atom. The molecule has 0 saturated carbocycles. The Bertz CT molecular complexity index is 329. The van der Waals surface area contributed by atoms with Gasteiger partial charge in [-0.1, -0.05) is 50.1 Å². The van der Waals surface area contributed by atoms with E-state index >= 15 is 0 Å². The molecule has 1 aromatic rings. The minimum atomic E-state index is -0.943. The first kappa shape index (κ1) is 15.8. The first-order chi connectivity index (χ1) is 8.11. The Morgan fingerprint density at radius 1 is 1.29 bits per heavy atom. The van der Waals surface area contributed by atoms with E-state index in [2.05, 4.69) is 18.3 Å². The maximum atomic E-state index is 9.65. The minimum Gasteiger partial charge on any atom is -0.465 e. The lowest BCUT2D eigenvalue weighted by molar-refractivity contribution is 0.194. The van der Waals surface area contributed by atoms with E-state index in [0.29, 0.717) is 6.54 Å². The molecule has 4 heteroatoms. The van der Waals surface area contributed by atoms with Gasteiger partial charge in [-0.15, -0.1) is 0 Å². The van der Waals surface area contributed by atoms with Crippen LogP contribution in [0.2, 0.25) is 5.02 Å². The lowest BCUT2D eigenvalue weighted by Gasteiger charge is -1.99. The second kappa shape index (κ2) is 9.97. The van der Waals surface area contributed by atoms with Crippen LogP contribution < -0.4 is 5.32 Å². The van der Waals surface area contributed by atoms with Crippen molar-refractivity contribution in [3.8, 4) is 0 Å². The van der Waals surface area contributed by atoms with Gasteiger partial charge in [-0.2, -0.15) is 0 Å². The fourth-order valence-electron chi connectivity index (χ4n) is 1.20. The zero-order valence-electron chi connectivity index (χ0n) is 10.4. The minimum absolute atomic E-state index is 0.551. The molecule has 0 aliphatic heterocycles. The molecular formula is C13H20ClNO2. The summed E-state index contributed by atoms with van der Waals surface area (Å²) >= 11 is 5.90. The number of carbonyl (C=O) groups is 1. The summed E-state index contributed by atoms with van der Waals surface area (Å²) in [5.41, 5.74) is 1.26. The molecular weight excluding hydrogens is 238 g/mol. The summed E-state index contributed by atoms with van der Waals surface area (Å²) in [6, 6.07) is 8.00. The van der Waals surface area contributed by atoms with E-state index < -0.39 is 6.09 Å². The third kappa shape index (κ3) is 8.57. The molecule has 0 unspecified atom stereocenters. The van der Waals surface area contributed by atoms with E-state index in [0.717, 1.165) is 24.3 Å². The van der Waals surface area contributed by atoms with E-state index in [1.54, 1.807) is 0 Å². The normalized spacial score (nSPS) is 9.12. The third-order valence-electron chi connectivity index (χ3n) is 2.00. The van der Waals surface area contributed by atoms with Crippen molar-refractivity contribution < 1.29 is 9.90 Å². The van der Waals surface area contributed by atoms with E-state index in [4.69, 9.17) is 16.7 Å². The molecule has 0 atom stereocenters. The van der Waals surface area contributed by atoms with Gasteiger partial charge in [-0.05, 0) is 24.5 Å². The molecule has 3 nitrogen and oxygen atoms in total. The highest BCUT2D eigenvalue weighted by atomic mass is 35.5. The van der Waals surface area contributed by atoms with Crippen molar-refractivity contribution in [3.05, 3.63) is 34.9 Å². The number of carboxylic acid groups (broad SMARTS) is 1. The third-order valence-corrected chi connectivity index (χ3v) is 2.37. The Morgan fingerprint density at radius 2 is 1.94 bits per heavy atom. The second-order valence-corrected chi connectivity index (χ2v) is 3.98. The lowest BCUT2D eigenvalue weighted by atomic mass is 10.1. The number of aryl methyl sites for hydroxylation is 1. The van der Waals surface area contributed by atoms with Crippen LogP contribution in [0.15, 0.2) is 24.3 Å². The SMILES string of the molecule is CCCNC(=O)O.CCCc1ccccc1Cl. The van der Waals surface area contributed by atoms with Crippen LogP contribution >= 0.6 is 11.6 Å². The predicted molar refractivity (Wildman–Crippen MR) is 71.8 cm³/mol. The summed E-state index contributed by atoms with van der Waals surface area (Å²) in [6.07, 6.45) is 2.15. The number of halogens is 1. The van der Waals surface area contributed by atoms with E-state index in [-0.39, 0.29) is 0 Å². The van der Waals surface area contributed by atoms with E-state index in [9.17, 15) is 4.79 Å². The largest absolute Gasteiger partial charge is 0.465 e. The monoisotopic (exact) mass is 257 g/mol. The molecule has 0 bridgehead atoms. The number of nitrogens with one attached hydrogen (secondary N) is 1. The van der Waals surface area contributed by atoms with Gasteiger partial charge in [-0.25, -0.2) is 4.79 Å². The van der Waals surface area contributed by atoms with Crippen LogP contribution in [-0.4, -0.2) is 17.7 Å². The van der Waals surface area contributed by atoms with Crippen molar-refractivity contribution >= 4 is 17.7 Å². The topological polar surface area (TPSA) is 49.3 Å². The Labute approximate surface area is 108 Å². The van der Waals surface area contributed by atoms with Crippen molar-refractivity contribution in [1.29, 1.82) is 0 Å². The summed E-state index contributed by atoms with van der Waals surface area (Å²) in [7, 11) is 0.